The molecule has 0 aromatic heterocycles. The molecule has 0 bridgehead atoms. The largest absolute Gasteiger partial charge is 0.399 e. The van der Waals surface area contributed by atoms with Crippen LogP contribution in [0.15, 0.2) is 18.2 Å². The maximum atomic E-state index is 6.07. The van der Waals surface area contributed by atoms with Gasteiger partial charge < -0.3 is 5.73 Å². The lowest BCUT2D eigenvalue weighted by molar-refractivity contribution is 0.0457. The molecule has 1 unspecified atom stereocenters. The number of piperidine rings is 1. The van der Waals surface area contributed by atoms with Crippen LogP contribution in [0.25, 0.3) is 0 Å². The molecule has 0 amide bonds. The molecule has 2 heterocycles. The molecule has 0 spiro atoms. The average molecular weight is 280 g/mol. The fraction of sp³-hybridized carbons (Fsp3) is 0.600. The van der Waals surface area contributed by atoms with E-state index in [1.807, 2.05) is 18.2 Å². The summed E-state index contributed by atoms with van der Waals surface area (Å²) in [5.74, 6) is 0. The zero-order chi connectivity index (χ0) is 13.2. The van der Waals surface area contributed by atoms with Crippen LogP contribution >= 0.6 is 11.6 Å². The van der Waals surface area contributed by atoms with Gasteiger partial charge in [-0.15, -0.1) is 0 Å². The van der Waals surface area contributed by atoms with E-state index >= 15 is 0 Å². The fourth-order valence-corrected chi connectivity index (χ4v) is 3.65. The third-order valence-corrected chi connectivity index (χ3v) is 4.53. The molecule has 4 heteroatoms. The molecule has 0 radical (unpaired) electrons. The second-order valence-electron chi connectivity index (χ2n) is 5.81. The molecule has 104 valence electrons. The van der Waals surface area contributed by atoms with Gasteiger partial charge in [0.25, 0.3) is 0 Å². The Morgan fingerprint density at radius 1 is 1.16 bits per heavy atom. The first-order valence-electron chi connectivity index (χ1n) is 7.22. The van der Waals surface area contributed by atoms with Gasteiger partial charge in [-0.3, -0.25) is 9.80 Å². The molecular formula is C15H22ClN3. The summed E-state index contributed by atoms with van der Waals surface area (Å²) in [6.07, 6.45) is 4.12. The summed E-state index contributed by atoms with van der Waals surface area (Å²) in [5.41, 5.74) is 7.85. The lowest BCUT2D eigenvalue weighted by Crippen LogP contribution is -2.54. The second kappa shape index (κ2) is 5.70. The molecule has 2 aliphatic heterocycles. The number of anilines is 1. The number of piperazine rings is 1. The molecule has 3 nitrogen and oxygen atoms in total. The molecule has 1 atom stereocenters. The summed E-state index contributed by atoms with van der Waals surface area (Å²) in [6.45, 7) is 5.81. The summed E-state index contributed by atoms with van der Waals surface area (Å²) in [4.78, 5) is 5.20. The molecule has 2 saturated heterocycles. The topological polar surface area (TPSA) is 32.5 Å². The molecule has 2 aliphatic rings. The first-order chi connectivity index (χ1) is 9.20. The Bertz CT molecular complexity index is 429. The Balaban J connectivity index is 1.64. The van der Waals surface area contributed by atoms with Gasteiger partial charge in [0.1, 0.15) is 0 Å². The number of hydrogen-bond acceptors (Lipinski definition) is 3. The van der Waals surface area contributed by atoms with Crippen LogP contribution in [0, 0.1) is 0 Å². The molecule has 1 aromatic carbocycles. The summed E-state index contributed by atoms with van der Waals surface area (Å²) in [5, 5.41) is 0.742. The first-order valence-corrected chi connectivity index (χ1v) is 7.60. The molecule has 2 N–H and O–H groups in total. The summed E-state index contributed by atoms with van der Waals surface area (Å²) in [7, 11) is 0. The fourth-order valence-electron chi connectivity index (χ4n) is 3.39. The van der Waals surface area contributed by atoms with Crippen molar-refractivity contribution in [3.8, 4) is 0 Å². The maximum absolute atomic E-state index is 6.07. The van der Waals surface area contributed by atoms with E-state index in [1.165, 1.54) is 44.5 Å². The van der Waals surface area contributed by atoms with Gasteiger partial charge >= 0.3 is 0 Å². The van der Waals surface area contributed by atoms with Crippen LogP contribution in [0.2, 0.25) is 5.02 Å². The van der Waals surface area contributed by atoms with Gasteiger partial charge in [-0.05, 0) is 43.1 Å². The van der Waals surface area contributed by atoms with E-state index in [2.05, 4.69) is 9.80 Å². The van der Waals surface area contributed by atoms with Crippen LogP contribution in [0.3, 0.4) is 0 Å². The molecule has 0 saturated carbocycles. The molecule has 3 rings (SSSR count). The van der Waals surface area contributed by atoms with E-state index in [0.717, 1.165) is 29.8 Å². The maximum Gasteiger partial charge on any atom is 0.0429 e. The number of hydrogen-bond donors (Lipinski definition) is 1. The predicted molar refractivity (Wildman–Crippen MR) is 80.4 cm³/mol. The zero-order valence-electron chi connectivity index (χ0n) is 11.3. The second-order valence-corrected chi connectivity index (χ2v) is 6.25. The predicted octanol–water partition coefficient (Wildman–Crippen LogP) is 2.59. The van der Waals surface area contributed by atoms with Crippen LogP contribution in [-0.2, 0) is 6.54 Å². The third-order valence-electron chi connectivity index (χ3n) is 4.31. The highest BCUT2D eigenvalue weighted by molar-refractivity contribution is 6.30. The molecule has 19 heavy (non-hydrogen) atoms. The zero-order valence-corrected chi connectivity index (χ0v) is 12.1. The van der Waals surface area contributed by atoms with Crippen molar-refractivity contribution in [3.63, 3.8) is 0 Å². The first kappa shape index (κ1) is 13.2. The Kier molecular flexibility index (Phi) is 3.96. The average Bonchev–Trinajstić information content (AvgIpc) is 2.37. The highest BCUT2D eigenvalue weighted by Crippen LogP contribution is 2.23. The summed E-state index contributed by atoms with van der Waals surface area (Å²) in [6, 6.07) is 6.65. The van der Waals surface area contributed by atoms with E-state index in [9.17, 15) is 0 Å². The summed E-state index contributed by atoms with van der Waals surface area (Å²) < 4.78 is 0. The number of nitrogens with two attached hydrogens (primary N) is 1. The number of fused-ring (bicyclic) bond motifs is 1. The Morgan fingerprint density at radius 2 is 2.05 bits per heavy atom. The van der Waals surface area contributed by atoms with E-state index < -0.39 is 0 Å². The Labute approximate surface area is 120 Å². The van der Waals surface area contributed by atoms with Crippen molar-refractivity contribution in [1.29, 1.82) is 0 Å². The van der Waals surface area contributed by atoms with E-state index in [1.54, 1.807) is 0 Å². The molecule has 0 aliphatic carbocycles. The van der Waals surface area contributed by atoms with Crippen molar-refractivity contribution < 1.29 is 0 Å². The Hall–Kier alpha value is -0.770. The molecule has 2 fully saturated rings. The minimum absolute atomic E-state index is 0.742. The van der Waals surface area contributed by atoms with Crippen molar-refractivity contribution in [2.24, 2.45) is 0 Å². The third kappa shape index (κ3) is 3.22. The van der Waals surface area contributed by atoms with Gasteiger partial charge in [-0.25, -0.2) is 0 Å². The van der Waals surface area contributed by atoms with Gasteiger partial charge in [0.05, 0.1) is 0 Å². The molecular weight excluding hydrogens is 258 g/mol. The number of nitrogen functional groups attached to an aromatic ring is 1. The number of benzene rings is 1. The quantitative estimate of drug-likeness (QED) is 0.845. The highest BCUT2D eigenvalue weighted by atomic mass is 35.5. The van der Waals surface area contributed by atoms with Gasteiger partial charge in [0, 0.05) is 42.9 Å². The van der Waals surface area contributed by atoms with Crippen LogP contribution in [0.1, 0.15) is 24.8 Å². The van der Waals surface area contributed by atoms with E-state index in [-0.39, 0.29) is 0 Å². The minimum atomic E-state index is 0.742. The van der Waals surface area contributed by atoms with Crippen LogP contribution in [-0.4, -0.2) is 42.0 Å². The van der Waals surface area contributed by atoms with Crippen molar-refractivity contribution in [2.45, 2.75) is 31.8 Å². The molecule has 1 aromatic rings. The lowest BCUT2D eigenvalue weighted by Gasteiger charge is -2.44. The van der Waals surface area contributed by atoms with Crippen LogP contribution in [0.4, 0.5) is 5.69 Å². The normalized spacial score (nSPS) is 25.2. The Morgan fingerprint density at radius 3 is 2.89 bits per heavy atom. The lowest BCUT2D eigenvalue weighted by atomic mass is 9.99. The number of halogens is 1. The van der Waals surface area contributed by atoms with Crippen molar-refractivity contribution >= 4 is 17.3 Å². The van der Waals surface area contributed by atoms with Gasteiger partial charge in [-0.2, -0.15) is 0 Å². The smallest absolute Gasteiger partial charge is 0.0429 e. The standard InChI is InChI=1S/C15H22ClN3/c16-13-7-12(8-14(17)9-13)10-18-5-6-19-4-2-1-3-15(19)11-18/h7-9,15H,1-6,10-11,17H2. The van der Waals surface area contributed by atoms with Gasteiger partial charge in [0.15, 0.2) is 0 Å². The minimum Gasteiger partial charge on any atom is -0.399 e. The SMILES string of the molecule is Nc1cc(Cl)cc(CN2CCN3CCCCC3C2)c1. The van der Waals surface area contributed by atoms with E-state index in [0.29, 0.717) is 0 Å². The number of rotatable bonds is 2. The van der Waals surface area contributed by atoms with E-state index in [4.69, 9.17) is 17.3 Å². The highest BCUT2D eigenvalue weighted by Gasteiger charge is 2.28. The monoisotopic (exact) mass is 279 g/mol. The summed E-state index contributed by atoms with van der Waals surface area (Å²) >= 11 is 6.07. The van der Waals surface area contributed by atoms with Gasteiger partial charge in [-0.1, -0.05) is 18.0 Å². The van der Waals surface area contributed by atoms with Crippen molar-refractivity contribution in [3.05, 3.63) is 28.8 Å². The van der Waals surface area contributed by atoms with Gasteiger partial charge in [0.2, 0.25) is 0 Å². The van der Waals surface area contributed by atoms with Crippen LogP contribution < -0.4 is 5.73 Å². The van der Waals surface area contributed by atoms with Crippen LogP contribution in [0.5, 0.6) is 0 Å². The van der Waals surface area contributed by atoms with Crippen molar-refractivity contribution in [1.82, 2.24) is 9.80 Å². The van der Waals surface area contributed by atoms with Crippen molar-refractivity contribution in [2.75, 3.05) is 31.9 Å². The number of nitrogens with zero attached hydrogens (tertiary/aromatic N) is 2.